The Kier molecular flexibility index (Phi) is 5.00. The number of phenols is 1. The largest absolute Gasteiger partial charge is 0.504 e. The van der Waals surface area contributed by atoms with Gasteiger partial charge in [-0.05, 0) is 29.8 Å². The summed E-state index contributed by atoms with van der Waals surface area (Å²) in [5.41, 5.74) is 2.38. The van der Waals surface area contributed by atoms with E-state index in [4.69, 9.17) is 9.47 Å². The smallest absolute Gasteiger partial charge is 0.200 e. The summed E-state index contributed by atoms with van der Waals surface area (Å²) < 4.78 is 10.8. The maximum atomic E-state index is 12.4. The maximum Gasteiger partial charge on any atom is 0.200 e. The Hall–Kier alpha value is -3.27. The predicted molar refractivity (Wildman–Crippen MR) is 96.4 cm³/mol. The first-order chi connectivity index (χ1) is 12.2. The van der Waals surface area contributed by atoms with Crippen molar-refractivity contribution in [3.8, 4) is 28.4 Å². The molecule has 3 rings (SSSR count). The van der Waals surface area contributed by atoms with E-state index in [1.165, 1.54) is 19.2 Å². The Balaban J connectivity index is 1.77. The van der Waals surface area contributed by atoms with Gasteiger partial charge in [0.25, 0.3) is 0 Å². The molecule has 3 aromatic carbocycles. The minimum absolute atomic E-state index is 0.00519. The van der Waals surface area contributed by atoms with Crippen molar-refractivity contribution in [2.24, 2.45) is 0 Å². The highest BCUT2D eigenvalue weighted by molar-refractivity contribution is 5.98. The molecule has 3 aromatic rings. The number of carbonyl (C=O) groups excluding carboxylic acids is 1. The molecular weight excluding hydrogens is 316 g/mol. The number of rotatable bonds is 6. The number of phenolic OH excluding ortho intramolecular Hbond substituents is 1. The molecule has 0 radical (unpaired) electrons. The molecule has 0 aliphatic rings. The highest BCUT2D eigenvalue weighted by Crippen LogP contribution is 2.30. The van der Waals surface area contributed by atoms with Crippen LogP contribution in [0, 0.1) is 0 Å². The van der Waals surface area contributed by atoms with E-state index in [0.717, 1.165) is 11.1 Å². The van der Waals surface area contributed by atoms with Crippen LogP contribution in [0.2, 0.25) is 0 Å². The summed E-state index contributed by atoms with van der Waals surface area (Å²) in [4.78, 5) is 12.4. The fourth-order valence-electron chi connectivity index (χ4n) is 2.53. The van der Waals surface area contributed by atoms with E-state index < -0.39 is 0 Å². The first kappa shape index (κ1) is 16.6. The molecule has 0 aliphatic heterocycles. The van der Waals surface area contributed by atoms with Gasteiger partial charge in [-0.15, -0.1) is 0 Å². The van der Waals surface area contributed by atoms with Crippen LogP contribution in [0.4, 0.5) is 0 Å². The Bertz CT molecular complexity index is 872. The lowest BCUT2D eigenvalue weighted by molar-refractivity contribution is 0.0921. The van der Waals surface area contributed by atoms with Crippen molar-refractivity contribution in [3.63, 3.8) is 0 Å². The van der Waals surface area contributed by atoms with Crippen molar-refractivity contribution >= 4 is 5.78 Å². The van der Waals surface area contributed by atoms with E-state index in [1.54, 1.807) is 6.07 Å². The van der Waals surface area contributed by atoms with Gasteiger partial charge in [0, 0.05) is 11.1 Å². The molecule has 1 N–H and O–H groups in total. The molecule has 4 heteroatoms. The molecule has 0 heterocycles. The van der Waals surface area contributed by atoms with Crippen molar-refractivity contribution in [2.75, 3.05) is 13.7 Å². The lowest BCUT2D eigenvalue weighted by Gasteiger charge is -2.12. The van der Waals surface area contributed by atoms with Crippen molar-refractivity contribution in [1.29, 1.82) is 0 Å². The molecule has 0 saturated heterocycles. The third-order valence-electron chi connectivity index (χ3n) is 3.83. The predicted octanol–water partition coefficient (Wildman–Crippen LogP) is 4.33. The van der Waals surface area contributed by atoms with Crippen LogP contribution in [-0.4, -0.2) is 24.6 Å². The summed E-state index contributed by atoms with van der Waals surface area (Å²) >= 11 is 0. The van der Waals surface area contributed by atoms with Crippen LogP contribution in [0.3, 0.4) is 0 Å². The summed E-state index contributed by atoms with van der Waals surface area (Å²) in [5, 5.41) is 9.62. The fourth-order valence-corrected chi connectivity index (χ4v) is 2.53. The second-order valence-electron chi connectivity index (χ2n) is 5.46. The van der Waals surface area contributed by atoms with Crippen LogP contribution in [0.5, 0.6) is 17.2 Å². The van der Waals surface area contributed by atoms with Crippen molar-refractivity contribution < 1.29 is 19.4 Å². The zero-order valence-corrected chi connectivity index (χ0v) is 13.8. The minimum Gasteiger partial charge on any atom is -0.504 e. The minimum atomic E-state index is -0.193. The van der Waals surface area contributed by atoms with E-state index in [9.17, 15) is 9.90 Å². The number of hydrogen-bond donors (Lipinski definition) is 1. The van der Waals surface area contributed by atoms with Gasteiger partial charge in [-0.1, -0.05) is 48.5 Å². The topological polar surface area (TPSA) is 55.8 Å². The van der Waals surface area contributed by atoms with Gasteiger partial charge >= 0.3 is 0 Å². The van der Waals surface area contributed by atoms with Crippen molar-refractivity contribution in [2.45, 2.75) is 0 Å². The second-order valence-corrected chi connectivity index (χ2v) is 5.46. The number of methoxy groups -OCH3 is 1. The lowest BCUT2D eigenvalue weighted by atomic mass is 10.0. The molecule has 25 heavy (non-hydrogen) atoms. The van der Waals surface area contributed by atoms with Gasteiger partial charge in [-0.3, -0.25) is 4.79 Å². The molecular formula is C21H18O4. The summed E-state index contributed by atoms with van der Waals surface area (Å²) in [5.74, 6) is 0.707. The van der Waals surface area contributed by atoms with E-state index in [0.29, 0.717) is 11.3 Å². The monoisotopic (exact) mass is 334 g/mol. The van der Waals surface area contributed by atoms with Gasteiger partial charge < -0.3 is 14.6 Å². The number of carbonyl (C=O) groups is 1. The normalized spacial score (nSPS) is 10.3. The second kappa shape index (κ2) is 7.53. The fraction of sp³-hybridized carbons (Fsp3) is 0.0952. The van der Waals surface area contributed by atoms with E-state index in [-0.39, 0.29) is 23.9 Å². The molecule has 0 aliphatic carbocycles. The number of ketones is 1. The summed E-state index contributed by atoms with van der Waals surface area (Å²) in [6.45, 7) is -0.0994. The van der Waals surface area contributed by atoms with Gasteiger partial charge in [0.2, 0.25) is 0 Å². The maximum absolute atomic E-state index is 12.4. The average Bonchev–Trinajstić information content (AvgIpc) is 2.67. The molecule has 0 spiro atoms. The van der Waals surface area contributed by atoms with Crippen LogP contribution < -0.4 is 9.47 Å². The van der Waals surface area contributed by atoms with Crippen molar-refractivity contribution in [1.82, 2.24) is 0 Å². The van der Waals surface area contributed by atoms with Gasteiger partial charge in [-0.25, -0.2) is 0 Å². The molecule has 0 unspecified atom stereocenters. The highest BCUT2D eigenvalue weighted by Gasteiger charge is 2.12. The van der Waals surface area contributed by atoms with Gasteiger partial charge in [0.1, 0.15) is 5.75 Å². The van der Waals surface area contributed by atoms with Crippen LogP contribution in [0.25, 0.3) is 11.1 Å². The van der Waals surface area contributed by atoms with Crippen LogP contribution >= 0.6 is 0 Å². The van der Waals surface area contributed by atoms with Gasteiger partial charge in [0.15, 0.2) is 23.9 Å². The first-order valence-corrected chi connectivity index (χ1v) is 7.86. The Morgan fingerprint density at radius 2 is 1.64 bits per heavy atom. The summed E-state index contributed by atoms with van der Waals surface area (Å²) in [7, 11) is 1.44. The molecule has 0 atom stereocenters. The standard InChI is InChI=1S/C21H18O4/c1-24-21-13-16(11-12-18(21)22)19(23)14-25-20-10-6-5-9-17(20)15-7-3-2-4-8-15/h2-13,22H,14H2,1H3. The SMILES string of the molecule is COc1cc(C(=O)COc2ccccc2-c2ccccc2)ccc1O. The molecule has 0 aromatic heterocycles. The van der Waals surface area contributed by atoms with Crippen molar-refractivity contribution in [3.05, 3.63) is 78.4 Å². The number of hydrogen-bond acceptors (Lipinski definition) is 4. The summed E-state index contributed by atoms with van der Waals surface area (Å²) in [6, 6.07) is 21.9. The number of ether oxygens (including phenoxy) is 2. The van der Waals surface area contributed by atoms with Crippen LogP contribution in [-0.2, 0) is 0 Å². The number of benzene rings is 3. The van der Waals surface area contributed by atoms with E-state index in [2.05, 4.69) is 0 Å². The average molecular weight is 334 g/mol. The highest BCUT2D eigenvalue weighted by atomic mass is 16.5. The quantitative estimate of drug-likeness (QED) is 0.682. The molecule has 126 valence electrons. The number of Topliss-reactive ketones (excluding diaryl/α,β-unsaturated/α-hetero) is 1. The molecule has 0 saturated carbocycles. The first-order valence-electron chi connectivity index (χ1n) is 7.86. The zero-order valence-electron chi connectivity index (χ0n) is 13.8. The van der Waals surface area contributed by atoms with Crippen LogP contribution in [0.15, 0.2) is 72.8 Å². The van der Waals surface area contributed by atoms with E-state index >= 15 is 0 Å². The van der Waals surface area contributed by atoms with Crippen LogP contribution in [0.1, 0.15) is 10.4 Å². The van der Waals surface area contributed by atoms with Gasteiger partial charge in [-0.2, -0.15) is 0 Å². The molecule has 0 amide bonds. The molecule has 0 fully saturated rings. The lowest BCUT2D eigenvalue weighted by Crippen LogP contribution is -2.12. The van der Waals surface area contributed by atoms with Gasteiger partial charge in [0.05, 0.1) is 7.11 Å². The Labute approximate surface area is 146 Å². The van der Waals surface area contributed by atoms with E-state index in [1.807, 2.05) is 54.6 Å². The molecule has 4 nitrogen and oxygen atoms in total. The molecule has 0 bridgehead atoms. The zero-order chi connectivity index (χ0) is 17.6. The number of para-hydroxylation sites is 1. The summed E-state index contributed by atoms with van der Waals surface area (Å²) in [6.07, 6.45) is 0. The Morgan fingerprint density at radius 3 is 2.40 bits per heavy atom. The Morgan fingerprint density at radius 1 is 0.920 bits per heavy atom. The third kappa shape index (κ3) is 3.80. The third-order valence-corrected chi connectivity index (χ3v) is 3.83. The number of aromatic hydroxyl groups is 1.